The van der Waals surface area contributed by atoms with Crippen molar-refractivity contribution in [3.8, 4) is 11.1 Å². The van der Waals surface area contributed by atoms with Crippen LogP contribution in [0.4, 0.5) is 0 Å². The van der Waals surface area contributed by atoms with Gasteiger partial charge in [-0.1, -0.05) is 24.3 Å². The lowest BCUT2D eigenvalue weighted by Gasteiger charge is -2.37. The maximum absolute atomic E-state index is 13.4. The van der Waals surface area contributed by atoms with Crippen LogP contribution in [-0.4, -0.2) is 50.3 Å². The fraction of sp³-hybridized carbons (Fsp3) is 0.292. The number of carbonyl (C=O) groups excluding carboxylic acids is 2. The van der Waals surface area contributed by atoms with Crippen molar-refractivity contribution < 1.29 is 9.59 Å². The first-order valence-electron chi connectivity index (χ1n) is 10.5. The number of amides is 2. The molecule has 7 nitrogen and oxygen atoms in total. The molecule has 1 N–H and O–H groups in total. The van der Waals surface area contributed by atoms with Crippen LogP contribution < -0.4 is 5.32 Å². The molecule has 3 aromatic rings. The normalized spacial score (nSPS) is 18.0. The Balaban J connectivity index is 1.76. The molecule has 7 heteroatoms. The summed E-state index contributed by atoms with van der Waals surface area (Å²) in [6, 6.07) is 11.9. The van der Waals surface area contributed by atoms with E-state index in [1.54, 1.807) is 17.3 Å². The molecule has 0 radical (unpaired) electrons. The molecule has 0 saturated carbocycles. The highest BCUT2D eigenvalue weighted by molar-refractivity contribution is 5.98. The third-order valence-electron chi connectivity index (χ3n) is 5.77. The smallest absolute Gasteiger partial charge is 0.274 e. The molecule has 158 valence electrons. The van der Waals surface area contributed by atoms with Crippen LogP contribution >= 0.6 is 0 Å². The second-order valence-corrected chi connectivity index (χ2v) is 7.61. The molecular weight excluding hydrogens is 390 g/mol. The number of hydrogen-bond acceptors (Lipinski definition) is 5. The fourth-order valence-electron chi connectivity index (χ4n) is 4.35. The minimum Gasteiger partial charge on any atom is -0.354 e. The van der Waals surface area contributed by atoms with Gasteiger partial charge in [-0.3, -0.25) is 19.6 Å². The number of nitrogens with zero attached hydrogens (tertiary/aromatic N) is 4. The molecule has 0 bridgehead atoms. The molecule has 1 unspecified atom stereocenters. The first-order valence-corrected chi connectivity index (χ1v) is 10.5. The lowest BCUT2D eigenvalue weighted by molar-refractivity contribution is -0.130. The molecule has 2 aromatic heterocycles. The number of rotatable bonds is 6. The van der Waals surface area contributed by atoms with Gasteiger partial charge in [0.05, 0.1) is 6.20 Å². The van der Waals surface area contributed by atoms with E-state index in [0.717, 1.165) is 23.1 Å². The Morgan fingerprint density at radius 2 is 1.87 bits per heavy atom. The van der Waals surface area contributed by atoms with Gasteiger partial charge in [-0.25, -0.2) is 4.98 Å². The quantitative estimate of drug-likeness (QED) is 0.669. The van der Waals surface area contributed by atoms with Gasteiger partial charge in [-0.2, -0.15) is 0 Å². The Hall–Kier alpha value is -3.61. The number of likely N-dealkylation sites (N-methyl/N-ethyl adjacent to an activating group) is 1. The Labute approximate surface area is 181 Å². The van der Waals surface area contributed by atoms with Crippen molar-refractivity contribution in [2.75, 3.05) is 13.1 Å². The number of pyridine rings is 1. The highest BCUT2D eigenvalue weighted by Gasteiger charge is 2.50. The van der Waals surface area contributed by atoms with E-state index in [4.69, 9.17) is 0 Å². The van der Waals surface area contributed by atoms with Crippen molar-refractivity contribution in [1.82, 2.24) is 25.2 Å². The van der Waals surface area contributed by atoms with E-state index in [2.05, 4.69) is 20.3 Å². The molecule has 3 heterocycles. The van der Waals surface area contributed by atoms with E-state index in [1.807, 2.05) is 43.3 Å². The van der Waals surface area contributed by atoms with Crippen LogP contribution in [0, 0.1) is 0 Å². The molecule has 4 rings (SSSR count). The second-order valence-electron chi connectivity index (χ2n) is 7.61. The maximum atomic E-state index is 13.4. The Bertz CT molecular complexity index is 1060. The molecule has 1 saturated heterocycles. The SMILES string of the molecule is CCNC(=O)C1(Cc2ccccc2-c2ccncc2)CCCN1C(=O)c1cnccn1. The first kappa shape index (κ1) is 20.7. The Morgan fingerprint density at radius 1 is 1.06 bits per heavy atom. The monoisotopic (exact) mass is 415 g/mol. The maximum Gasteiger partial charge on any atom is 0.274 e. The lowest BCUT2D eigenvalue weighted by atomic mass is 9.84. The summed E-state index contributed by atoms with van der Waals surface area (Å²) in [7, 11) is 0. The van der Waals surface area contributed by atoms with Crippen LogP contribution in [0.3, 0.4) is 0 Å². The predicted molar refractivity (Wildman–Crippen MR) is 117 cm³/mol. The number of likely N-dealkylation sites (tertiary alicyclic amines) is 1. The van der Waals surface area contributed by atoms with Crippen LogP contribution in [0.1, 0.15) is 35.8 Å². The number of nitrogens with one attached hydrogen (secondary N) is 1. The molecule has 2 amide bonds. The van der Waals surface area contributed by atoms with Crippen LogP contribution in [0.15, 0.2) is 67.4 Å². The highest BCUT2D eigenvalue weighted by Crippen LogP contribution is 2.37. The third kappa shape index (κ3) is 4.03. The third-order valence-corrected chi connectivity index (χ3v) is 5.77. The van der Waals surface area contributed by atoms with Crippen LogP contribution in [0.2, 0.25) is 0 Å². The number of benzene rings is 1. The summed E-state index contributed by atoms with van der Waals surface area (Å²) in [6.07, 6.45) is 9.75. The summed E-state index contributed by atoms with van der Waals surface area (Å²) in [4.78, 5) is 40.8. The van der Waals surface area contributed by atoms with Gasteiger partial charge in [0, 0.05) is 44.3 Å². The zero-order valence-electron chi connectivity index (χ0n) is 17.5. The van der Waals surface area contributed by atoms with Crippen molar-refractivity contribution >= 4 is 11.8 Å². The van der Waals surface area contributed by atoms with Crippen molar-refractivity contribution in [1.29, 1.82) is 0 Å². The second kappa shape index (κ2) is 9.04. The van der Waals surface area contributed by atoms with E-state index in [0.29, 0.717) is 25.9 Å². The van der Waals surface area contributed by atoms with Gasteiger partial charge in [0.15, 0.2) is 0 Å². The van der Waals surface area contributed by atoms with E-state index in [-0.39, 0.29) is 17.5 Å². The van der Waals surface area contributed by atoms with E-state index in [9.17, 15) is 9.59 Å². The fourth-order valence-corrected chi connectivity index (χ4v) is 4.35. The van der Waals surface area contributed by atoms with Crippen molar-refractivity contribution in [3.05, 3.63) is 78.6 Å². The Kier molecular flexibility index (Phi) is 6.02. The molecule has 1 fully saturated rings. The molecule has 0 aliphatic carbocycles. The minimum absolute atomic E-state index is 0.130. The van der Waals surface area contributed by atoms with E-state index in [1.165, 1.54) is 18.6 Å². The summed E-state index contributed by atoms with van der Waals surface area (Å²) < 4.78 is 0. The topological polar surface area (TPSA) is 88.1 Å². The summed E-state index contributed by atoms with van der Waals surface area (Å²) in [6.45, 7) is 2.89. The zero-order valence-corrected chi connectivity index (χ0v) is 17.5. The van der Waals surface area contributed by atoms with Gasteiger partial charge in [-0.15, -0.1) is 0 Å². The van der Waals surface area contributed by atoms with Crippen molar-refractivity contribution in [2.24, 2.45) is 0 Å². The predicted octanol–water partition coefficient (Wildman–Crippen LogP) is 2.89. The molecule has 31 heavy (non-hydrogen) atoms. The van der Waals surface area contributed by atoms with E-state index < -0.39 is 5.54 Å². The van der Waals surface area contributed by atoms with Gasteiger partial charge in [0.1, 0.15) is 11.2 Å². The summed E-state index contributed by atoms with van der Waals surface area (Å²) in [5.74, 6) is -0.396. The van der Waals surface area contributed by atoms with Gasteiger partial charge in [-0.05, 0) is 48.6 Å². The number of hydrogen-bond donors (Lipinski definition) is 1. The number of carbonyl (C=O) groups is 2. The summed E-state index contributed by atoms with van der Waals surface area (Å²) >= 11 is 0. The van der Waals surface area contributed by atoms with E-state index >= 15 is 0 Å². The average Bonchev–Trinajstić information content (AvgIpc) is 3.25. The molecule has 1 atom stereocenters. The average molecular weight is 415 g/mol. The molecule has 1 aliphatic rings. The van der Waals surface area contributed by atoms with Gasteiger partial charge in [0.2, 0.25) is 5.91 Å². The van der Waals surface area contributed by atoms with Gasteiger partial charge >= 0.3 is 0 Å². The van der Waals surface area contributed by atoms with Gasteiger partial charge < -0.3 is 10.2 Å². The Morgan fingerprint density at radius 3 is 2.61 bits per heavy atom. The van der Waals surface area contributed by atoms with Crippen molar-refractivity contribution in [2.45, 2.75) is 31.7 Å². The minimum atomic E-state index is -0.978. The molecule has 1 aliphatic heterocycles. The highest BCUT2D eigenvalue weighted by atomic mass is 16.2. The largest absolute Gasteiger partial charge is 0.354 e. The summed E-state index contributed by atoms with van der Waals surface area (Å²) in [5.41, 5.74) is 2.35. The van der Waals surface area contributed by atoms with Crippen LogP contribution in [0.25, 0.3) is 11.1 Å². The lowest BCUT2D eigenvalue weighted by Crippen LogP contribution is -2.59. The summed E-state index contributed by atoms with van der Waals surface area (Å²) in [5, 5.41) is 2.97. The molecule has 1 aromatic carbocycles. The van der Waals surface area contributed by atoms with Gasteiger partial charge in [0.25, 0.3) is 5.91 Å². The van der Waals surface area contributed by atoms with Crippen LogP contribution in [-0.2, 0) is 11.2 Å². The van der Waals surface area contributed by atoms with Crippen LogP contribution in [0.5, 0.6) is 0 Å². The number of aromatic nitrogens is 3. The zero-order chi connectivity index (χ0) is 21.7. The molecular formula is C24H25N5O2. The van der Waals surface area contributed by atoms with Crippen molar-refractivity contribution in [3.63, 3.8) is 0 Å². The standard InChI is InChI=1S/C24H25N5O2/c1-2-27-23(31)24(10-5-15-29(24)22(30)21-17-26-13-14-28-21)16-19-6-3-4-7-20(19)18-8-11-25-12-9-18/h3-4,6-9,11-14,17H,2,5,10,15-16H2,1H3,(H,27,31). The first-order chi connectivity index (χ1) is 15.2. The molecule has 0 spiro atoms.